The van der Waals surface area contributed by atoms with Crippen LogP contribution in [0, 0.1) is 0 Å². The lowest BCUT2D eigenvalue weighted by molar-refractivity contribution is -0.123. The van der Waals surface area contributed by atoms with Crippen LogP contribution in [-0.2, 0) is 11.2 Å². The third kappa shape index (κ3) is 4.05. The van der Waals surface area contributed by atoms with Gasteiger partial charge in [0.2, 0.25) is 5.91 Å². The Labute approximate surface area is 142 Å². The summed E-state index contributed by atoms with van der Waals surface area (Å²) in [5, 5.41) is 13.8. The topological polar surface area (TPSA) is 144 Å². The molecule has 0 radical (unpaired) electrons. The monoisotopic (exact) mass is 340 g/mol. The molecule has 1 amide bonds. The van der Waals surface area contributed by atoms with Gasteiger partial charge in [-0.2, -0.15) is 0 Å². The third-order valence-corrected chi connectivity index (χ3v) is 3.46. The first kappa shape index (κ1) is 16.3. The Hall–Kier alpha value is -3.56. The molecule has 0 saturated heterocycles. The summed E-state index contributed by atoms with van der Waals surface area (Å²) in [5.41, 5.74) is 5.96. The molecule has 10 nitrogen and oxygen atoms in total. The lowest BCUT2D eigenvalue weighted by Gasteiger charge is -2.16. The van der Waals surface area contributed by atoms with E-state index in [1.54, 1.807) is 0 Å². The van der Waals surface area contributed by atoms with Crippen LogP contribution in [0.1, 0.15) is 17.4 Å². The molecule has 4 N–H and O–H groups in total. The van der Waals surface area contributed by atoms with Crippen LogP contribution < -0.4 is 16.6 Å². The average molecular weight is 340 g/mol. The van der Waals surface area contributed by atoms with E-state index >= 15 is 0 Å². The number of carbonyl (C=O) groups is 1. The maximum Gasteiger partial charge on any atom is 0.252 e. The number of nitrogens with zero attached hydrogens (tertiary/aromatic N) is 5. The number of nitrogen functional groups attached to an aromatic ring is 1. The fourth-order valence-electron chi connectivity index (χ4n) is 2.39. The number of aromatic amines is 1. The Bertz CT molecular complexity index is 891. The van der Waals surface area contributed by atoms with E-state index in [1.807, 2.05) is 30.3 Å². The fraction of sp³-hybridized carbons (Fsp3) is 0.200. The molecule has 3 aromatic rings. The zero-order valence-electron chi connectivity index (χ0n) is 13.2. The van der Waals surface area contributed by atoms with Gasteiger partial charge in [0, 0.05) is 19.0 Å². The zero-order chi connectivity index (χ0) is 17.6. The molecule has 0 aliphatic rings. The smallest absolute Gasteiger partial charge is 0.252 e. The number of amides is 1. The second-order valence-corrected chi connectivity index (χ2v) is 5.26. The Morgan fingerprint density at radius 1 is 1.32 bits per heavy atom. The van der Waals surface area contributed by atoms with Gasteiger partial charge in [-0.3, -0.25) is 9.59 Å². The van der Waals surface area contributed by atoms with Crippen molar-refractivity contribution in [3.8, 4) is 0 Å². The summed E-state index contributed by atoms with van der Waals surface area (Å²) < 4.78 is 1.38. The van der Waals surface area contributed by atoms with Crippen molar-refractivity contribution in [3.63, 3.8) is 0 Å². The Morgan fingerprint density at radius 2 is 2.12 bits per heavy atom. The maximum absolute atomic E-state index is 12.6. The highest BCUT2D eigenvalue weighted by molar-refractivity contribution is 5.83. The summed E-state index contributed by atoms with van der Waals surface area (Å²) in [4.78, 5) is 30.6. The zero-order valence-corrected chi connectivity index (χ0v) is 13.2. The minimum Gasteiger partial charge on any atom is -0.383 e. The van der Waals surface area contributed by atoms with E-state index in [-0.39, 0.29) is 23.8 Å². The van der Waals surface area contributed by atoms with Gasteiger partial charge in [0.15, 0.2) is 6.04 Å². The van der Waals surface area contributed by atoms with Crippen LogP contribution in [0.4, 0.5) is 5.82 Å². The SMILES string of the molecule is Nc1cc(=O)[nH]c(CCNC(=O)[C@@H](c2ccccc2)n2cnnn2)n1. The molecule has 10 heteroatoms. The van der Waals surface area contributed by atoms with E-state index in [9.17, 15) is 9.59 Å². The van der Waals surface area contributed by atoms with Crippen molar-refractivity contribution in [1.29, 1.82) is 0 Å². The van der Waals surface area contributed by atoms with Gasteiger partial charge >= 0.3 is 0 Å². The number of anilines is 1. The molecule has 0 aliphatic carbocycles. The van der Waals surface area contributed by atoms with Crippen molar-refractivity contribution < 1.29 is 4.79 Å². The second-order valence-electron chi connectivity index (χ2n) is 5.26. The lowest BCUT2D eigenvalue weighted by atomic mass is 10.1. The molecule has 0 aliphatic heterocycles. The van der Waals surface area contributed by atoms with Gasteiger partial charge < -0.3 is 16.0 Å². The van der Waals surface area contributed by atoms with E-state index in [0.29, 0.717) is 12.2 Å². The second kappa shape index (κ2) is 7.34. The van der Waals surface area contributed by atoms with Crippen LogP contribution >= 0.6 is 0 Å². The third-order valence-electron chi connectivity index (χ3n) is 3.46. The van der Waals surface area contributed by atoms with Gasteiger partial charge in [-0.1, -0.05) is 30.3 Å². The first-order chi connectivity index (χ1) is 12.1. The van der Waals surface area contributed by atoms with Crippen molar-refractivity contribution in [2.75, 3.05) is 12.3 Å². The van der Waals surface area contributed by atoms with Crippen molar-refractivity contribution in [2.24, 2.45) is 0 Å². The molecule has 0 bridgehead atoms. The van der Waals surface area contributed by atoms with Crippen LogP contribution in [0.5, 0.6) is 0 Å². The number of hydrogen-bond acceptors (Lipinski definition) is 7. The molecule has 2 heterocycles. The van der Waals surface area contributed by atoms with E-state index in [1.165, 1.54) is 17.1 Å². The number of hydrogen-bond donors (Lipinski definition) is 3. The highest BCUT2D eigenvalue weighted by Crippen LogP contribution is 2.16. The molecule has 128 valence electrons. The molecule has 0 spiro atoms. The average Bonchev–Trinajstić information content (AvgIpc) is 3.09. The molecule has 1 atom stereocenters. The van der Waals surface area contributed by atoms with Crippen molar-refractivity contribution >= 4 is 11.7 Å². The van der Waals surface area contributed by atoms with Gasteiger partial charge in [0.25, 0.3) is 5.56 Å². The minimum atomic E-state index is -0.691. The number of nitrogens with one attached hydrogen (secondary N) is 2. The van der Waals surface area contributed by atoms with E-state index in [4.69, 9.17) is 5.73 Å². The number of aromatic nitrogens is 6. The number of tetrazole rings is 1. The van der Waals surface area contributed by atoms with Crippen molar-refractivity contribution in [1.82, 2.24) is 35.5 Å². The van der Waals surface area contributed by atoms with Gasteiger partial charge in [0.05, 0.1) is 0 Å². The van der Waals surface area contributed by atoms with Crippen LogP contribution in [0.25, 0.3) is 0 Å². The molecule has 3 rings (SSSR count). The van der Waals surface area contributed by atoms with Crippen molar-refractivity contribution in [2.45, 2.75) is 12.5 Å². The van der Waals surface area contributed by atoms with E-state index in [0.717, 1.165) is 5.56 Å². The number of benzene rings is 1. The molecule has 0 saturated carbocycles. The molecule has 1 aromatic carbocycles. The van der Waals surface area contributed by atoms with Crippen LogP contribution in [-0.4, -0.2) is 42.6 Å². The van der Waals surface area contributed by atoms with E-state index < -0.39 is 6.04 Å². The summed E-state index contributed by atoms with van der Waals surface area (Å²) in [7, 11) is 0. The number of H-pyrrole nitrogens is 1. The summed E-state index contributed by atoms with van der Waals surface area (Å²) in [6.07, 6.45) is 1.72. The molecule has 25 heavy (non-hydrogen) atoms. The number of rotatable bonds is 6. The Balaban J connectivity index is 1.70. The molecular weight excluding hydrogens is 324 g/mol. The molecule has 0 unspecified atom stereocenters. The lowest BCUT2D eigenvalue weighted by Crippen LogP contribution is -2.35. The largest absolute Gasteiger partial charge is 0.383 e. The summed E-state index contributed by atoms with van der Waals surface area (Å²) >= 11 is 0. The standard InChI is InChI=1S/C15H16N8O2/c16-11-8-13(24)20-12(19-11)6-7-17-15(25)14(23-9-18-21-22-23)10-4-2-1-3-5-10/h1-5,8-9,14H,6-7H2,(H,17,25)(H3,16,19,20,24)/t14-/m1/s1. The predicted octanol–water partition coefficient (Wildman–Crippen LogP) is -0.713. The highest BCUT2D eigenvalue weighted by Gasteiger charge is 2.23. The molecular formula is C15H16N8O2. The number of carbonyl (C=O) groups excluding carboxylic acids is 1. The molecule has 0 fully saturated rings. The number of nitrogens with two attached hydrogens (primary N) is 1. The maximum atomic E-state index is 12.6. The van der Waals surface area contributed by atoms with Gasteiger partial charge in [-0.05, 0) is 16.0 Å². The highest BCUT2D eigenvalue weighted by atomic mass is 16.2. The first-order valence-electron chi connectivity index (χ1n) is 7.54. The van der Waals surface area contributed by atoms with Crippen LogP contribution in [0.3, 0.4) is 0 Å². The normalized spacial score (nSPS) is 11.8. The Morgan fingerprint density at radius 3 is 2.80 bits per heavy atom. The van der Waals surface area contributed by atoms with Crippen LogP contribution in [0.15, 0.2) is 47.5 Å². The Kier molecular flexibility index (Phi) is 4.79. The molecule has 2 aromatic heterocycles. The van der Waals surface area contributed by atoms with Crippen LogP contribution in [0.2, 0.25) is 0 Å². The van der Waals surface area contributed by atoms with Gasteiger partial charge in [-0.25, -0.2) is 9.67 Å². The minimum absolute atomic E-state index is 0.140. The summed E-state index contributed by atoms with van der Waals surface area (Å²) in [6.45, 7) is 0.274. The summed E-state index contributed by atoms with van der Waals surface area (Å²) in [6, 6.07) is 9.68. The van der Waals surface area contributed by atoms with E-state index in [2.05, 4.69) is 30.8 Å². The van der Waals surface area contributed by atoms with Gasteiger partial charge in [0.1, 0.15) is 18.0 Å². The fourth-order valence-corrected chi connectivity index (χ4v) is 2.39. The summed E-state index contributed by atoms with van der Waals surface area (Å²) in [5.74, 6) is 0.273. The quantitative estimate of drug-likeness (QED) is 0.537. The first-order valence-corrected chi connectivity index (χ1v) is 7.54. The van der Waals surface area contributed by atoms with Crippen molar-refractivity contribution in [3.05, 3.63) is 64.5 Å². The van der Waals surface area contributed by atoms with Gasteiger partial charge in [-0.15, -0.1) is 5.10 Å². The predicted molar refractivity (Wildman–Crippen MR) is 88.4 cm³/mol.